The zero-order valence-electron chi connectivity index (χ0n) is 13.6. The van der Waals surface area contributed by atoms with E-state index < -0.39 is 6.10 Å². The van der Waals surface area contributed by atoms with Gasteiger partial charge in [0.1, 0.15) is 5.76 Å². The van der Waals surface area contributed by atoms with Gasteiger partial charge in [-0.15, -0.1) is 0 Å². The molecule has 25 heavy (non-hydrogen) atoms. The Labute approximate surface area is 151 Å². The summed E-state index contributed by atoms with van der Waals surface area (Å²) in [6.07, 6.45) is 1.30. The standard InChI is InChI=1S/C21H17ClO3/c22-15-11-9-13(10-12-15)18-19-16(23)7-4-8-17(19)25-21(18)20(24)14-5-2-1-3-6-14/h1-3,5-6,9-12,18,21H,4,7-8H2/t18-,21-/m0/s1. The summed E-state index contributed by atoms with van der Waals surface area (Å²) < 4.78 is 6.03. The lowest BCUT2D eigenvalue weighted by Gasteiger charge is -2.20. The van der Waals surface area contributed by atoms with Gasteiger partial charge in [-0.1, -0.05) is 54.1 Å². The summed E-state index contributed by atoms with van der Waals surface area (Å²) in [5.41, 5.74) is 2.15. The molecule has 0 radical (unpaired) electrons. The first kappa shape index (κ1) is 16.1. The largest absolute Gasteiger partial charge is 0.485 e. The minimum absolute atomic E-state index is 0.0876. The Balaban J connectivity index is 1.77. The number of allylic oxidation sites excluding steroid dienone is 1. The first-order chi connectivity index (χ1) is 12.1. The van der Waals surface area contributed by atoms with Gasteiger partial charge in [0.25, 0.3) is 0 Å². The maximum atomic E-state index is 13.1. The molecule has 2 aromatic carbocycles. The topological polar surface area (TPSA) is 43.4 Å². The number of rotatable bonds is 3. The van der Waals surface area contributed by atoms with Crippen molar-refractivity contribution in [3.8, 4) is 0 Å². The molecule has 2 aromatic rings. The molecule has 1 aliphatic heterocycles. The minimum atomic E-state index is -0.698. The van der Waals surface area contributed by atoms with Crippen molar-refractivity contribution in [2.75, 3.05) is 0 Å². The molecule has 0 amide bonds. The van der Waals surface area contributed by atoms with Gasteiger partial charge >= 0.3 is 0 Å². The number of carbonyl (C=O) groups excluding carboxylic acids is 2. The summed E-state index contributed by atoms with van der Waals surface area (Å²) in [6.45, 7) is 0. The van der Waals surface area contributed by atoms with Crippen LogP contribution in [0.15, 0.2) is 65.9 Å². The number of carbonyl (C=O) groups is 2. The third-order valence-electron chi connectivity index (χ3n) is 4.84. The molecule has 3 nitrogen and oxygen atoms in total. The third-order valence-corrected chi connectivity index (χ3v) is 5.09. The van der Waals surface area contributed by atoms with Crippen LogP contribution in [0.25, 0.3) is 0 Å². The number of hydrogen-bond acceptors (Lipinski definition) is 3. The van der Waals surface area contributed by atoms with Crippen molar-refractivity contribution >= 4 is 23.2 Å². The molecular weight excluding hydrogens is 336 g/mol. The fraction of sp³-hybridized carbons (Fsp3) is 0.238. The average molecular weight is 353 g/mol. The SMILES string of the molecule is O=C1CCCC2=C1[C@H](c1ccc(Cl)cc1)[C@@H](C(=O)c1ccccc1)O2. The smallest absolute Gasteiger partial charge is 0.204 e. The third kappa shape index (κ3) is 2.89. The van der Waals surface area contributed by atoms with Gasteiger partial charge in [0.05, 0.1) is 5.92 Å². The molecule has 0 spiro atoms. The van der Waals surface area contributed by atoms with Crippen LogP contribution in [0.2, 0.25) is 5.02 Å². The molecule has 1 heterocycles. The molecule has 2 atom stereocenters. The number of halogens is 1. The monoisotopic (exact) mass is 352 g/mol. The molecule has 1 aliphatic carbocycles. The lowest BCUT2D eigenvalue weighted by atomic mass is 9.80. The fourth-order valence-corrected chi connectivity index (χ4v) is 3.79. The van der Waals surface area contributed by atoms with Crippen molar-refractivity contribution < 1.29 is 14.3 Å². The first-order valence-corrected chi connectivity index (χ1v) is 8.80. The second kappa shape index (κ2) is 6.49. The molecule has 4 heteroatoms. The van der Waals surface area contributed by atoms with E-state index in [0.717, 1.165) is 12.0 Å². The van der Waals surface area contributed by atoms with E-state index >= 15 is 0 Å². The first-order valence-electron chi connectivity index (χ1n) is 8.43. The quantitative estimate of drug-likeness (QED) is 0.751. The van der Waals surface area contributed by atoms with Crippen molar-refractivity contribution in [2.45, 2.75) is 31.3 Å². The number of benzene rings is 2. The van der Waals surface area contributed by atoms with Crippen LogP contribution in [0, 0.1) is 0 Å². The van der Waals surface area contributed by atoms with E-state index in [0.29, 0.717) is 34.8 Å². The molecule has 0 unspecified atom stereocenters. The molecule has 4 rings (SSSR count). The highest BCUT2D eigenvalue weighted by Gasteiger charge is 2.45. The van der Waals surface area contributed by atoms with Gasteiger partial charge in [0.2, 0.25) is 5.78 Å². The van der Waals surface area contributed by atoms with Crippen molar-refractivity contribution in [3.05, 3.63) is 82.1 Å². The molecule has 0 saturated heterocycles. The minimum Gasteiger partial charge on any atom is -0.485 e. The lowest BCUT2D eigenvalue weighted by molar-refractivity contribution is -0.116. The van der Waals surface area contributed by atoms with Crippen LogP contribution < -0.4 is 0 Å². The number of Topliss-reactive ketones (excluding diaryl/α,β-unsaturated/α-hetero) is 2. The summed E-state index contributed by atoms with van der Waals surface area (Å²) in [6, 6.07) is 16.4. The fourth-order valence-electron chi connectivity index (χ4n) is 3.66. The Bertz CT molecular complexity index is 852. The number of ether oxygens (including phenoxy) is 1. The molecule has 0 N–H and O–H groups in total. The van der Waals surface area contributed by atoms with Gasteiger partial charge in [0, 0.05) is 29.0 Å². The van der Waals surface area contributed by atoms with Gasteiger partial charge in [-0.3, -0.25) is 9.59 Å². The van der Waals surface area contributed by atoms with Crippen LogP contribution in [0.1, 0.15) is 41.1 Å². The Morgan fingerprint density at radius 1 is 1.00 bits per heavy atom. The molecule has 126 valence electrons. The van der Waals surface area contributed by atoms with Gasteiger partial charge < -0.3 is 4.74 Å². The highest BCUT2D eigenvalue weighted by atomic mass is 35.5. The van der Waals surface area contributed by atoms with Crippen LogP contribution in [-0.2, 0) is 9.53 Å². The number of hydrogen-bond donors (Lipinski definition) is 0. The van der Waals surface area contributed by atoms with Crippen LogP contribution in [-0.4, -0.2) is 17.7 Å². The highest BCUT2D eigenvalue weighted by Crippen LogP contribution is 2.45. The Morgan fingerprint density at radius 2 is 1.72 bits per heavy atom. The average Bonchev–Trinajstić information content (AvgIpc) is 3.03. The summed E-state index contributed by atoms with van der Waals surface area (Å²) in [5, 5.41) is 0.623. The molecule has 0 fully saturated rings. The van der Waals surface area contributed by atoms with E-state index in [1.165, 1.54) is 0 Å². The molecular formula is C21H17ClO3. The lowest BCUT2D eigenvalue weighted by Crippen LogP contribution is -2.28. The second-order valence-electron chi connectivity index (χ2n) is 6.41. The van der Waals surface area contributed by atoms with E-state index in [9.17, 15) is 9.59 Å². The van der Waals surface area contributed by atoms with Crippen molar-refractivity contribution in [1.82, 2.24) is 0 Å². The zero-order valence-corrected chi connectivity index (χ0v) is 14.3. The summed E-state index contributed by atoms with van der Waals surface area (Å²) in [5.74, 6) is 0.311. The van der Waals surface area contributed by atoms with Gasteiger partial charge in [-0.2, -0.15) is 0 Å². The Morgan fingerprint density at radius 3 is 2.44 bits per heavy atom. The maximum absolute atomic E-state index is 13.1. The van der Waals surface area contributed by atoms with E-state index in [1.54, 1.807) is 24.3 Å². The van der Waals surface area contributed by atoms with Crippen molar-refractivity contribution in [2.24, 2.45) is 0 Å². The van der Waals surface area contributed by atoms with Gasteiger partial charge in [0.15, 0.2) is 11.9 Å². The number of ketones is 2. The van der Waals surface area contributed by atoms with Crippen LogP contribution >= 0.6 is 11.6 Å². The highest BCUT2D eigenvalue weighted by molar-refractivity contribution is 6.30. The van der Waals surface area contributed by atoms with E-state index in [1.807, 2.05) is 30.3 Å². The summed E-state index contributed by atoms with van der Waals surface area (Å²) in [7, 11) is 0. The normalized spacial score (nSPS) is 22.5. The van der Waals surface area contributed by atoms with Gasteiger partial charge in [-0.05, 0) is 24.1 Å². The Hall–Kier alpha value is -2.39. The molecule has 0 aromatic heterocycles. The van der Waals surface area contributed by atoms with Crippen LogP contribution in [0.4, 0.5) is 0 Å². The van der Waals surface area contributed by atoms with E-state index in [4.69, 9.17) is 16.3 Å². The molecule has 0 saturated carbocycles. The predicted molar refractivity (Wildman–Crippen MR) is 95.7 cm³/mol. The molecule has 0 bridgehead atoms. The Kier molecular flexibility index (Phi) is 4.18. The zero-order chi connectivity index (χ0) is 17.4. The summed E-state index contributed by atoms with van der Waals surface area (Å²) >= 11 is 6.00. The summed E-state index contributed by atoms with van der Waals surface area (Å²) in [4.78, 5) is 25.6. The van der Waals surface area contributed by atoms with E-state index in [2.05, 4.69) is 0 Å². The van der Waals surface area contributed by atoms with Crippen molar-refractivity contribution in [1.29, 1.82) is 0 Å². The molecule has 2 aliphatic rings. The maximum Gasteiger partial charge on any atom is 0.204 e. The second-order valence-corrected chi connectivity index (χ2v) is 6.85. The van der Waals surface area contributed by atoms with Gasteiger partial charge in [-0.25, -0.2) is 0 Å². The van der Waals surface area contributed by atoms with Crippen LogP contribution in [0.5, 0.6) is 0 Å². The predicted octanol–water partition coefficient (Wildman–Crippen LogP) is 4.71. The van der Waals surface area contributed by atoms with Crippen LogP contribution in [0.3, 0.4) is 0 Å². The van der Waals surface area contributed by atoms with E-state index in [-0.39, 0.29) is 17.5 Å². The van der Waals surface area contributed by atoms with Crippen molar-refractivity contribution in [3.63, 3.8) is 0 Å².